The van der Waals surface area contributed by atoms with Crippen molar-refractivity contribution < 1.29 is 14.3 Å². The van der Waals surface area contributed by atoms with Gasteiger partial charge in [0, 0.05) is 15.5 Å². The van der Waals surface area contributed by atoms with Crippen LogP contribution in [0.5, 0.6) is 0 Å². The molecule has 0 aliphatic heterocycles. The molecule has 0 saturated heterocycles. The first kappa shape index (κ1) is 12.3. The van der Waals surface area contributed by atoms with Crippen molar-refractivity contribution in [2.75, 3.05) is 0 Å². The van der Waals surface area contributed by atoms with Gasteiger partial charge in [-0.05, 0) is 31.5 Å². The predicted octanol–water partition coefficient (Wildman–Crippen LogP) is 3.95. The van der Waals surface area contributed by atoms with E-state index in [4.69, 9.17) is 9.52 Å². The van der Waals surface area contributed by atoms with Gasteiger partial charge in [0.2, 0.25) is 0 Å². The number of thioether (sulfide) groups is 1. The SMILES string of the molecule is Cc1occc1SCc1cc(C(=O)O)sc1C. The molecule has 5 heteroatoms. The molecule has 0 unspecified atom stereocenters. The van der Waals surface area contributed by atoms with Crippen LogP contribution < -0.4 is 0 Å². The molecule has 90 valence electrons. The molecule has 0 spiro atoms. The molecule has 0 saturated carbocycles. The Morgan fingerprint density at radius 3 is 2.82 bits per heavy atom. The molecule has 3 nitrogen and oxygen atoms in total. The topological polar surface area (TPSA) is 50.4 Å². The quantitative estimate of drug-likeness (QED) is 0.853. The molecule has 0 radical (unpaired) electrons. The fourth-order valence-electron chi connectivity index (χ4n) is 1.45. The third-order valence-corrected chi connectivity index (χ3v) is 4.70. The molecule has 0 aliphatic carbocycles. The van der Waals surface area contributed by atoms with E-state index >= 15 is 0 Å². The lowest BCUT2D eigenvalue weighted by molar-refractivity contribution is 0.0702. The maximum atomic E-state index is 10.8. The molecular weight excluding hydrogens is 256 g/mol. The normalized spacial score (nSPS) is 10.7. The Kier molecular flexibility index (Phi) is 3.59. The number of aromatic carboxylic acids is 1. The molecule has 2 aromatic rings. The number of hydrogen-bond acceptors (Lipinski definition) is 4. The van der Waals surface area contributed by atoms with Crippen LogP contribution >= 0.6 is 23.1 Å². The van der Waals surface area contributed by atoms with Crippen molar-refractivity contribution in [1.82, 2.24) is 0 Å². The molecule has 2 aromatic heterocycles. The number of thiophene rings is 1. The molecule has 0 fully saturated rings. The number of hydrogen-bond donors (Lipinski definition) is 1. The summed E-state index contributed by atoms with van der Waals surface area (Å²) in [5.41, 5.74) is 1.08. The van der Waals surface area contributed by atoms with Crippen LogP contribution in [0.25, 0.3) is 0 Å². The standard InChI is InChI=1S/C12H12O3S2/c1-7-10(3-4-15-7)16-6-9-5-11(12(13)14)17-8(9)2/h3-5H,6H2,1-2H3,(H,13,14). The summed E-state index contributed by atoms with van der Waals surface area (Å²) in [6.45, 7) is 3.88. The number of rotatable bonds is 4. The molecular formula is C12H12O3S2. The fourth-order valence-corrected chi connectivity index (χ4v) is 3.43. The van der Waals surface area contributed by atoms with Crippen molar-refractivity contribution in [2.45, 2.75) is 24.5 Å². The first-order valence-corrected chi connectivity index (χ1v) is 6.87. The van der Waals surface area contributed by atoms with Crippen molar-refractivity contribution in [1.29, 1.82) is 0 Å². The number of carboxylic acids is 1. The van der Waals surface area contributed by atoms with Crippen molar-refractivity contribution in [3.05, 3.63) is 39.5 Å². The van der Waals surface area contributed by atoms with Gasteiger partial charge in [0.25, 0.3) is 0 Å². The Bertz CT molecular complexity index is 540. The highest BCUT2D eigenvalue weighted by molar-refractivity contribution is 7.98. The summed E-state index contributed by atoms with van der Waals surface area (Å²) in [6, 6.07) is 3.69. The molecule has 0 amide bonds. The second kappa shape index (κ2) is 4.98. The molecule has 0 atom stereocenters. The summed E-state index contributed by atoms with van der Waals surface area (Å²) >= 11 is 2.99. The smallest absolute Gasteiger partial charge is 0.345 e. The molecule has 2 heterocycles. The number of carboxylic acid groups (broad SMARTS) is 1. The summed E-state index contributed by atoms with van der Waals surface area (Å²) < 4.78 is 5.21. The lowest BCUT2D eigenvalue weighted by atomic mass is 10.3. The minimum absolute atomic E-state index is 0.405. The molecule has 0 aromatic carbocycles. The van der Waals surface area contributed by atoms with Crippen LogP contribution in [0, 0.1) is 13.8 Å². The number of furan rings is 1. The summed E-state index contributed by atoms with van der Waals surface area (Å²) in [5.74, 6) is 0.825. The maximum absolute atomic E-state index is 10.8. The summed E-state index contributed by atoms with van der Waals surface area (Å²) in [5, 5.41) is 8.91. The molecule has 17 heavy (non-hydrogen) atoms. The highest BCUT2D eigenvalue weighted by Crippen LogP contribution is 2.30. The number of carbonyl (C=O) groups is 1. The summed E-state index contributed by atoms with van der Waals surface area (Å²) in [6.07, 6.45) is 1.67. The van der Waals surface area contributed by atoms with E-state index in [1.54, 1.807) is 24.1 Å². The summed E-state index contributed by atoms with van der Waals surface area (Å²) in [4.78, 5) is 13.4. The first-order chi connectivity index (χ1) is 8.08. The molecule has 0 aliphatic rings. The third kappa shape index (κ3) is 2.73. The van der Waals surface area contributed by atoms with Crippen molar-refractivity contribution in [3.63, 3.8) is 0 Å². The zero-order valence-electron chi connectivity index (χ0n) is 9.52. The monoisotopic (exact) mass is 268 g/mol. The van der Waals surface area contributed by atoms with Crippen molar-refractivity contribution in [2.24, 2.45) is 0 Å². The van der Waals surface area contributed by atoms with E-state index in [1.807, 2.05) is 19.9 Å². The van der Waals surface area contributed by atoms with Crippen molar-refractivity contribution >= 4 is 29.1 Å². The average molecular weight is 268 g/mol. The van der Waals surface area contributed by atoms with Gasteiger partial charge in [0.1, 0.15) is 10.6 Å². The fraction of sp³-hybridized carbons (Fsp3) is 0.250. The highest BCUT2D eigenvalue weighted by Gasteiger charge is 2.12. The van der Waals surface area contributed by atoms with Gasteiger partial charge in [-0.2, -0.15) is 0 Å². The Morgan fingerprint density at radius 1 is 1.53 bits per heavy atom. The van der Waals surface area contributed by atoms with Crippen LogP contribution in [-0.2, 0) is 5.75 Å². The van der Waals surface area contributed by atoms with Gasteiger partial charge in [-0.3, -0.25) is 0 Å². The van der Waals surface area contributed by atoms with E-state index in [0.717, 1.165) is 26.8 Å². The third-order valence-electron chi connectivity index (χ3n) is 2.43. The van der Waals surface area contributed by atoms with E-state index in [-0.39, 0.29) is 0 Å². The van der Waals surface area contributed by atoms with E-state index in [1.165, 1.54) is 11.3 Å². The van der Waals surface area contributed by atoms with Crippen LogP contribution in [-0.4, -0.2) is 11.1 Å². The van der Waals surface area contributed by atoms with Crippen LogP contribution in [0.15, 0.2) is 27.7 Å². The van der Waals surface area contributed by atoms with Gasteiger partial charge in [-0.15, -0.1) is 23.1 Å². The van der Waals surface area contributed by atoms with Gasteiger partial charge in [-0.25, -0.2) is 4.79 Å². The van der Waals surface area contributed by atoms with Gasteiger partial charge in [-0.1, -0.05) is 0 Å². The average Bonchev–Trinajstić information content (AvgIpc) is 2.82. The van der Waals surface area contributed by atoms with Crippen LogP contribution in [0.3, 0.4) is 0 Å². The summed E-state index contributed by atoms with van der Waals surface area (Å²) in [7, 11) is 0. The number of aryl methyl sites for hydroxylation is 2. The van der Waals surface area contributed by atoms with Gasteiger partial charge < -0.3 is 9.52 Å². The molecule has 0 bridgehead atoms. The lowest BCUT2D eigenvalue weighted by Gasteiger charge is -1.98. The van der Waals surface area contributed by atoms with Gasteiger partial charge >= 0.3 is 5.97 Å². The van der Waals surface area contributed by atoms with Crippen LogP contribution in [0.4, 0.5) is 0 Å². The highest BCUT2D eigenvalue weighted by atomic mass is 32.2. The second-order valence-electron chi connectivity index (χ2n) is 3.63. The van der Waals surface area contributed by atoms with E-state index in [0.29, 0.717) is 4.88 Å². The zero-order valence-corrected chi connectivity index (χ0v) is 11.2. The Labute approximate surface area is 107 Å². The minimum Gasteiger partial charge on any atom is -0.477 e. The van der Waals surface area contributed by atoms with E-state index in [2.05, 4.69) is 0 Å². The molecule has 1 N–H and O–H groups in total. The Balaban J connectivity index is 2.09. The Morgan fingerprint density at radius 2 is 2.29 bits per heavy atom. The van der Waals surface area contributed by atoms with Gasteiger partial charge in [0.15, 0.2) is 0 Å². The minimum atomic E-state index is -0.853. The van der Waals surface area contributed by atoms with Gasteiger partial charge in [0.05, 0.1) is 6.26 Å². The van der Waals surface area contributed by atoms with Crippen LogP contribution in [0.2, 0.25) is 0 Å². The predicted molar refractivity (Wildman–Crippen MR) is 69.0 cm³/mol. The van der Waals surface area contributed by atoms with E-state index < -0.39 is 5.97 Å². The molecule has 2 rings (SSSR count). The zero-order chi connectivity index (χ0) is 12.4. The maximum Gasteiger partial charge on any atom is 0.345 e. The van der Waals surface area contributed by atoms with Crippen LogP contribution in [0.1, 0.15) is 25.9 Å². The van der Waals surface area contributed by atoms with E-state index in [9.17, 15) is 4.79 Å². The largest absolute Gasteiger partial charge is 0.477 e. The van der Waals surface area contributed by atoms with Crippen molar-refractivity contribution in [3.8, 4) is 0 Å². The first-order valence-electron chi connectivity index (χ1n) is 5.07. The second-order valence-corrected chi connectivity index (χ2v) is 5.90. The lowest BCUT2D eigenvalue weighted by Crippen LogP contribution is -1.90. The Hall–Kier alpha value is -1.20.